The van der Waals surface area contributed by atoms with Crippen molar-refractivity contribution in [2.45, 2.75) is 31.8 Å². The number of nitrogens with one attached hydrogen (secondary N) is 2. The first kappa shape index (κ1) is 13.7. The molecule has 0 radical (unpaired) electrons. The Balaban J connectivity index is 1.55. The number of hydrogen-bond acceptors (Lipinski definition) is 2. The molecule has 2 aromatic rings. The van der Waals surface area contributed by atoms with Gasteiger partial charge in [-0.25, -0.2) is 0 Å². The molecule has 0 spiro atoms. The molecule has 2 aromatic carbocycles. The fourth-order valence-corrected chi connectivity index (χ4v) is 2.82. The maximum absolute atomic E-state index is 12.3. The van der Waals surface area contributed by atoms with E-state index in [-0.39, 0.29) is 18.0 Å². The number of anilines is 1. The summed E-state index contributed by atoms with van der Waals surface area (Å²) in [4.78, 5) is 12.3. The zero-order chi connectivity index (χ0) is 14.7. The Kier molecular flexibility index (Phi) is 3.91. The van der Waals surface area contributed by atoms with Crippen molar-refractivity contribution in [3.8, 4) is 0 Å². The molecule has 1 heterocycles. The monoisotopic (exact) mass is 280 g/mol. The molecule has 2 unspecified atom stereocenters. The normalized spacial score (nSPS) is 17.7. The van der Waals surface area contributed by atoms with Gasteiger partial charge in [-0.3, -0.25) is 4.79 Å². The maximum atomic E-state index is 12.3. The number of rotatable bonds is 4. The quantitative estimate of drug-likeness (QED) is 0.904. The highest BCUT2D eigenvalue weighted by Crippen LogP contribution is 2.25. The minimum absolute atomic E-state index is 0.0784. The summed E-state index contributed by atoms with van der Waals surface area (Å²) in [6, 6.07) is 18.3. The highest BCUT2D eigenvalue weighted by molar-refractivity contribution is 5.87. The van der Waals surface area contributed by atoms with Gasteiger partial charge in [0.05, 0.1) is 0 Å². The zero-order valence-corrected chi connectivity index (χ0v) is 12.2. The highest BCUT2D eigenvalue weighted by Gasteiger charge is 2.26. The molecule has 0 fully saturated rings. The maximum Gasteiger partial charge on any atom is 0.243 e. The van der Waals surface area contributed by atoms with Crippen LogP contribution in [-0.2, 0) is 17.6 Å². The van der Waals surface area contributed by atoms with E-state index in [0.717, 1.165) is 18.5 Å². The Hall–Kier alpha value is -2.29. The number of amides is 1. The molecule has 2 atom stereocenters. The first-order valence-corrected chi connectivity index (χ1v) is 7.41. The van der Waals surface area contributed by atoms with Crippen LogP contribution in [0.4, 0.5) is 5.69 Å². The van der Waals surface area contributed by atoms with Crippen molar-refractivity contribution in [1.29, 1.82) is 0 Å². The molecule has 0 aromatic heterocycles. The van der Waals surface area contributed by atoms with E-state index >= 15 is 0 Å². The first-order chi connectivity index (χ1) is 10.2. The van der Waals surface area contributed by atoms with Gasteiger partial charge in [0.2, 0.25) is 5.91 Å². The van der Waals surface area contributed by atoms with Crippen LogP contribution in [0.25, 0.3) is 0 Å². The van der Waals surface area contributed by atoms with Crippen LogP contribution in [0.15, 0.2) is 54.6 Å². The van der Waals surface area contributed by atoms with Gasteiger partial charge in [0.25, 0.3) is 0 Å². The van der Waals surface area contributed by atoms with Crippen molar-refractivity contribution in [3.63, 3.8) is 0 Å². The Morgan fingerprint density at radius 2 is 1.90 bits per heavy atom. The number of para-hydroxylation sites is 1. The van der Waals surface area contributed by atoms with Gasteiger partial charge in [0.1, 0.15) is 6.04 Å². The molecule has 0 aliphatic carbocycles. The van der Waals surface area contributed by atoms with Crippen molar-refractivity contribution in [3.05, 3.63) is 65.7 Å². The fourth-order valence-electron chi connectivity index (χ4n) is 2.82. The van der Waals surface area contributed by atoms with Gasteiger partial charge in [0.15, 0.2) is 0 Å². The lowest BCUT2D eigenvalue weighted by Gasteiger charge is -2.17. The molecule has 108 valence electrons. The van der Waals surface area contributed by atoms with Crippen LogP contribution < -0.4 is 10.6 Å². The van der Waals surface area contributed by atoms with Crippen molar-refractivity contribution < 1.29 is 4.79 Å². The topological polar surface area (TPSA) is 41.1 Å². The Morgan fingerprint density at radius 1 is 1.19 bits per heavy atom. The van der Waals surface area contributed by atoms with Gasteiger partial charge in [-0.2, -0.15) is 0 Å². The summed E-state index contributed by atoms with van der Waals surface area (Å²) >= 11 is 0. The second kappa shape index (κ2) is 6.00. The number of fused-ring (bicyclic) bond motifs is 1. The Labute approximate surface area is 125 Å². The summed E-state index contributed by atoms with van der Waals surface area (Å²) in [5.74, 6) is 0.0784. The number of hydrogen-bond donors (Lipinski definition) is 2. The molecule has 1 aliphatic heterocycles. The van der Waals surface area contributed by atoms with E-state index in [2.05, 4.69) is 28.8 Å². The standard InChI is InChI=1S/C18H20N2O/c1-13(11-14-7-3-2-4-8-14)19-18(21)17-12-15-9-5-6-10-16(15)20-17/h2-10,13,17,20H,11-12H2,1H3,(H,19,21). The molecular formula is C18H20N2O. The van der Waals surface area contributed by atoms with E-state index < -0.39 is 0 Å². The molecule has 1 amide bonds. The van der Waals surface area contributed by atoms with Crippen molar-refractivity contribution >= 4 is 11.6 Å². The molecule has 21 heavy (non-hydrogen) atoms. The summed E-state index contributed by atoms with van der Waals surface area (Å²) < 4.78 is 0. The lowest BCUT2D eigenvalue weighted by Crippen LogP contribution is -2.43. The number of carbonyl (C=O) groups excluding carboxylic acids is 1. The van der Waals surface area contributed by atoms with E-state index in [4.69, 9.17) is 0 Å². The SMILES string of the molecule is CC(Cc1ccccc1)NC(=O)C1Cc2ccccc2N1. The zero-order valence-electron chi connectivity index (χ0n) is 12.2. The smallest absolute Gasteiger partial charge is 0.243 e. The molecule has 3 nitrogen and oxygen atoms in total. The second-order valence-corrected chi connectivity index (χ2v) is 5.66. The van der Waals surface area contributed by atoms with Gasteiger partial charge < -0.3 is 10.6 Å². The van der Waals surface area contributed by atoms with E-state index in [1.165, 1.54) is 11.1 Å². The molecule has 0 saturated carbocycles. The van der Waals surface area contributed by atoms with Crippen LogP contribution in [0.1, 0.15) is 18.1 Å². The Bertz CT molecular complexity index is 599. The van der Waals surface area contributed by atoms with E-state index in [9.17, 15) is 4.79 Å². The summed E-state index contributed by atoms with van der Waals surface area (Å²) in [5.41, 5.74) is 3.54. The van der Waals surface area contributed by atoms with Crippen LogP contribution in [0, 0.1) is 0 Å². The van der Waals surface area contributed by atoms with Crippen molar-refractivity contribution in [2.24, 2.45) is 0 Å². The van der Waals surface area contributed by atoms with Crippen LogP contribution in [0.3, 0.4) is 0 Å². The average Bonchev–Trinajstić information content (AvgIpc) is 2.92. The van der Waals surface area contributed by atoms with Crippen LogP contribution in [0.2, 0.25) is 0 Å². The van der Waals surface area contributed by atoms with Crippen LogP contribution in [-0.4, -0.2) is 18.0 Å². The van der Waals surface area contributed by atoms with Gasteiger partial charge in [-0.1, -0.05) is 48.5 Å². The van der Waals surface area contributed by atoms with Gasteiger partial charge in [-0.05, 0) is 30.5 Å². The van der Waals surface area contributed by atoms with E-state index in [0.29, 0.717) is 0 Å². The largest absolute Gasteiger partial charge is 0.373 e. The minimum Gasteiger partial charge on any atom is -0.373 e. The number of benzene rings is 2. The molecule has 1 aliphatic rings. The molecule has 3 rings (SSSR count). The number of carbonyl (C=O) groups is 1. The summed E-state index contributed by atoms with van der Waals surface area (Å²) in [7, 11) is 0. The summed E-state index contributed by atoms with van der Waals surface area (Å²) in [5, 5.41) is 6.40. The molecular weight excluding hydrogens is 260 g/mol. The second-order valence-electron chi connectivity index (χ2n) is 5.66. The Morgan fingerprint density at radius 3 is 2.67 bits per heavy atom. The van der Waals surface area contributed by atoms with Crippen LogP contribution in [0.5, 0.6) is 0 Å². The van der Waals surface area contributed by atoms with E-state index in [1.807, 2.05) is 43.3 Å². The lowest BCUT2D eigenvalue weighted by molar-refractivity contribution is -0.122. The predicted molar refractivity (Wildman–Crippen MR) is 85.3 cm³/mol. The lowest BCUT2D eigenvalue weighted by atomic mass is 10.1. The summed E-state index contributed by atoms with van der Waals surface area (Å²) in [6.07, 6.45) is 1.62. The highest BCUT2D eigenvalue weighted by atomic mass is 16.2. The third-order valence-electron chi connectivity index (χ3n) is 3.86. The molecule has 0 bridgehead atoms. The van der Waals surface area contributed by atoms with Crippen molar-refractivity contribution in [1.82, 2.24) is 5.32 Å². The fraction of sp³-hybridized carbons (Fsp3) is 0.278. The predicted octanol–water partition coefficient (Wildman–Crippen LogP) is 2.77. The first-order valence-electron chi connectivity index (χ1n) is 7.41. The third kappa shape index (κ3) is 3.24. The van der Waals surface area contributed by atoms with Crippen LogP contribution >= 0.6 is 0 Å². The van der Waals surface area contributed by atoms with Crippen molar-refractivity contribution in [2.75, 3.05) is 5.32 Å². The molecule has 2 N–H and O–H groups in total. The van der Waals surface area contributed by atoms with E-state index in [1.54, 1.807) is 0 Å². The molecule has 0 saturated heterocycles. The average molecular weight is 280 g/mol. The molecule has 3 heteroatoms. The van der Waals surface area contributed by atoms with Gasteiger partial charge >= 0.3 is 0 Å². The minimum atomic E-state index is -0.152. The summed E-state index contributed by atoms with van der Waals surface area (Å²) in [6.45, 7) is 2.05. The van der Waals surface area contributed by atoms with Gasteiger partial charge in [-0.15, -0.1) is 0 Å². The van der Waals surface area contributed by atoms with Gasteiger partial charge in [0, 0.05) is 18.2 Å². The third-order valence-corrected chi connectivity index (χ3v) is 3.86.